The highest BCUT2D eigenvalue weighted by molar-refractivity contribution is 7.08. The van der Waals surface area contributed by atoms with E-state index in [1.807, 2.05) is 29.8 Å². The van der Waals surface area contributed by atoms with Gasteiger partial charge in [-0.05, 0) is 47.0 Å². The van der Waals surface area contributed by atoms with E-state index in [1.54, 1.807) is 17.4 Å². The van der Waals surface area contributed by atoms with E-state index in [0.717, 1.165) is 11.1 Å². The fourth-order valence-corrected chi connectivity index (χ4v) is 2.12. The van der Waals surface area contributed by atoms with E-state index in [1.165, 1.54) is 6.07 Å². The van der Waals surface area contributed by atoms with Crippen molar-refractivity contribution in [2.45, 2.75) is 13.0 Å². The molecule has 3 heteroatoms. The lowest BCUT2D eigenvalue weighted by molar-refractivity contribution is 0.629. The molecule has 0 radical (unpaired) electrons. The zero-order chi connectivity index (χ0) is 10.8. The predicted octanol–water partition coefficient (Wildman–Crippen LogP) is 3.57. The minimum atomic E-state index is -0.196. The Morgan fingerprint density at radius 2 is 2.13 bits per heavy atom. The Hall–Kier alpha value is -1.19. The number of benzene rings is 1. The molecule has 1 atom stereocenters. The monoisotopic (exact) mass is 221 g/mol. The molecule has 0 fully saturated rings. The largest absolute Gasteiger partial charge is 0.324 e. The van der Waals surface area contributed by atoms with Crippen molar-refractivity contribution in [3.05, 3.63) is 46.4 Å². The van der Waals surface area contributed by atoms with E-state index in [9.17, 15) is 4.39 Å². The van der Waals surface area contributed by atoms with Gasteiger partial charge >= 0.3 is 0 Å². The van der Waals surface area contributed by atoms with Gasteiger partial charge in [-0.3, -0.25) is 0 Å². The van der Waals surface area contributed by atoms with E-state index in [4.69, 9.17) is 5.73 Å². The number of rotatable bonds is 2. The molecule has 2 rings (SSSR count). The lowest BCUT2D eigenvalue weighted by Gasteiger charge is -2.08. The van der Waals surface area contributed by atoms with E-state index in [0.29, 0.717) is 5.56 Å². The van der Waals surface area contributed by atoms with Crippen molar-refractivity contribution < 1.29 is 4.39 Å². The third-order valence-electron chi connectivity index (χ3n) is 2.35. The van der Waals surface area contributed by atoms with Crippen molar-refractivity contribution in [2.24, 2.45) is 5.73 Å². The van der Waals surface area contributed by atoms with E-state index >= 15 is 0 Å². The predicted molar refractivity (Wildman–Crippen MR) is 62.3 cm³/mol. The number of halogens is 1. The van der Waals surface area contributed by atoms with Crippen molar-refractivity contribution >= 4 is 11.3 Å². The first-order valence-electron chi connectivity index (χ1n) is 4.76. The summed E-state index contributed by atoms with van der Waals surface area (Å²) in [5.41, 5.74) is 8.27. The minimum absolute atomic E-state index is 0.0667. The van der Waals surface area contributed by atoms with E-state index in [-0.39, 0.29) is 11.9 Å². The van der Waals surface area contributed by atoms with Gasteiger partial charge in [0, 0.05) is 11.6 Å². The minimum Gasteiger partial charge on any atom is -0.324 e. The van der Waals surface area contributed by atoms with E-state index < -0.39 is 0 Å². The molecule has 78 valence electrons. The molecule has 0 saturated heterocycles. The maximum Gasteiger partial charge on any atom is 0.131 e. The van der Waals surface area contributed by atoms with Gasteiger partial charge in [-0.1, -0.05) is 6.07 Å². The average Bonchev–Trinajstić information content (AvgIpc) is 2.71. The molecule has 1 heterocycles. The fraction of sp³-hybridized carbons (Fsp3) is 0.167. The second-order valence-corrected chi connectivity index (χ2v) is 4.32. The van der Waals surface area contributed by atoms with Crippen LogP contribution in [0.15, 0.2) is 35.0 Å². The van der Waals surface area contributed by atoms with Gasteiger partial charge in [0.15, 0.2) is 0 Å². The number of nitrogens with two attached hydrogens (primary N) is 1. The summed E-state index contributed by atoms with van der Waals surface area (Å²) in [5.74, 6) is -0.196. The van der Waals surface area contributed by atoms with Gasteiger partial charge < -0.3 is 5.73 Å². The average molecular weight is 221 g/mol. The highest BCUT2D eigenvalue weighted by atomic mass is 32.1. The molecule has 1 nitrogen and oxygen atoms in total. The van der Waals surface area contributed by atoms with Crippen LogP contribution in [0, 0.1) is 5.82 Å². The lowest BCUT2D eigenvalue weighted by Crippen LogP contribution is -2.05. The van der Waals surface area contributed by atoms with Crippen LogP contribution in [0.2, 0.25) is 0 Å². The Morgan fingerprint density at radius 3 is 2.73 bits per heavy atom. The van der Waals surface area contributed by atoms with Crippen LogP contribution in [0.1, 0.15) is 18.5 Å². The van der Waals surface area contributed by atoms with Crippen LogP contribution in [0.5, 0.6) is 0 Å². The quantitative estimate of drug-likeness (QED) is 0.824. The van der Waals surface area contributed by atoms with Crippen molar-refractivity contribution in [3.8, 4) is 11.1 Å². The van der Waals surface area contributed by atoms with Gasteiger partial charge in [0.25, 0.3) is 0 Å². The van der Waals surface area contributed by atoms with Crippen molar-refractivity contribution in [2.75, 3.05) is 0 Å². The van der Waals surface area contributed by atoms with Crippen molar-refractivity contribution in [1.82, 2.24) is 0 Å². The Morgan fingerprint density at radius 1 is 1.33 bits per heavy atom. The van der Waals surface area contributed by atoms with Crippen LogP contribution < -0.4 is 5.73 Å². The summed E-state index contributed by atoms with van der Waals surface area (Å²) in [6, 6.07) is 6.88. The van der Waals surface area contributed by atoms with Crippen LogP contribution in [-0.2, 0) is 0 Å². The first kappa shape index (κ1) is 10.3. The lowest BCUT2D eigenvalue weighted by atomic mass is 10.0. The summed E-state index contributed by atoms with van der Waals surface area (Å²) >= 11 is 1.56. The summed E-state index contributed by atoms with van der Waals surface area (Å²) in [6.07, 6.45) is 0. The molecule has 0 spiro atoms. The van der Waals surface area contributed by atoms with Crippen LogP contribution in [-0.4, -0.2) is 0 Å². The molecule has 1 aromatic heterocycles. The Bertz CT molecular complexity index is 449. The number of thiophene rings is 1. The maximum atomic E-state index is 13.6. The molecule has 0 aliphatic carbocycles. The molecule has 1 unspecified atom stereocenters. The Balaban J connectivity index is 2.51. The number of hydrogen-bond acceptors (Lipinski definition) is 2. The van der Waals surface area contributed by atoms with Crippen LogP contribution in [0.25, 0.3) is 11.1 Å². The second-order valence-electron chi connectivity index (χ2n) is 3.54. The van der Waals surface area contributed by atoms with Gasteiger partial charge in [-0.25, -0.2) is 4.39 Å². The topological polar surface area (TPSA) is 26.0 Å². The summed E-state index contributed by atoms with van der Waals surface area (Å²) in [7, 11) is 0. The van der Waals surface area contributed by atoms with Gasteiger partial charge in [0.2, 0.25) is 0 Å². The van der Waals surface area contributed by atoms with Crippen LogP contribution in [0.4, 0.5) is 4.39 Å². The molecule has 1 aromatic carbocycles. The SMILES string of the molecule is CC(N)c1ccc(F)c(-c2ccsc2)c1. The molecule has 0 saturated carbocycles. The molecule has 0 aliphatic rings. The van der Waals surface area contributed by atoms with Crippen LogP contribution >= 0.6 is 11.3 Å². The van der Waals surface area contributed by atoms with Crippen LogP contribution in [0.3, 0.4) is 0 Å². The number of hydrogen-bond donors (Lipinski definition) is 1. The van der Waals surface area contributed by atoms with Crippen molar-refractivity contribution in [1.29, 1.82) is 0 Å². The fourth-order valence-electron chi connectivity index (χ4n) is 1.47. The molecule has 2 N–H and O–H groups in total. The van der Waals surface area contributed by atoms with Crippen molar-refractivity contribution in [3.63, 3.8) is 0 Å². The maximum absolute atomic E-state index is 13.6. The molecule has 15 heavy (non-hydrogen) atoms. The molecule has 2 aromatic rings. The molecule has 0 amide bonds. The summed E-state index contributed by atoms with van der Waals surface area (Å²) in [5, 5.41) is 3.87. The summed E-state index contributed by atoms with van der Waals surface area (Å²) in [6.45, 7) is 1.89. The highest BCUT2D eigenvalue weighted by Gasteiger charge is 2.08. The third kappa shape index (κ3) is 2.08. The van der Waals surface area contributed by atoms with Gasteiger partial charge in [0.1, 0.15) is 5.82 Å². The summed E-state index contributed by atoms with van der Waals surface area (Å²) in [4.78, 5) is 0. The third-order valence-corrected chi connectivity index (χ3v) is 3.03. The molecular weight excluding hydrogens is 209 g/mol. The smallest absolute Gasteiger partial charge is 0.131 e. The molecular formula is C12H12FNS. The van der Waals surface area contributed by atoms with Gasteiger partial charge in [-0.15, -0.1) is 0 Å². The zero-order valence-electron chi connectivity index (χ0n) is 8.41. The summed E-state index contributed by atoms with van der Waals surface area (Å²) < 4.78 is 13.6. The van der Waals surface area contributed by atoms with E-state index in [2.05, 4.69) is 0 Å². The molecule has 0 aliphatic heterocycles. The highest BCUT2D eigenvalue weighted by Crippen LogP contribution is 2.27. The molecule has 0 bridgehead atoms. The Kier molecular flexibility index (Phi) is 2.84. The second kappa shape index (κ2) is 4.13. The van der Waals surface area contributed by atoms with Gasteiger partial charge in [0.05, 0.1) is 0 Å². The van der Waals surface area contributed by atoms with Gasteiger partial charge in [-0.2, -0.15) is 11.3 Å². The normalized spacial score (nSPS) is 12.7. The first-order chi connectivity index (χ1) is 7.18. The first-order valence-corrected chi connectivity index (χ1v) is 5.70. The standard InChI is InChI=1S/C12H12FNS/c1-8(14)9-2-3-12(13)11(6-9)10-4-5-15-7-10/h2-8H,14H2,1H3. The Labute approximate surface area is 92.4 Å². The zero-order valence-corrected chi connectivity index (χ0v) is 9.22.